The molecule has 0 bridgehead atoms. The van der Waals surface area contributed by atoms with Crippen molar-refractivity contribution >= 4 is 94.2 Å². The summed E-state index contributed by atoms with van der Waals surface area (Å²) in [5.41, 5.74) is 46.7. The first-order chi connectivity index (χ1) is 53.5. The number of nitrogens with zero attached hydrogens (tertiary/aromatic N) is 4. The Labute approximate surface area is 659 Å². The first-order valence-corrected chi connectivity index (χ1v) is 42.2. The molecule has 0 saturated heterocycles. The normalized spacial score (nSPS) is 19.8. The van der Waals surface area contributed by atoms with Crippen molar-refractivity contribution in [3.8, 4) is 78.1 Å². The molecular formula is C107H99BN4. The van der Waals surface area contributed by atoms with E-state index in [-0.39, 0.29) is 56.2 Å². The number of benzene rings is 12. The first-order valence-electron chi connectivity index (χ1n) is 42.2. The summed E-state index contributed by atoms with van der Waals surface area (Å²) < 4.78 is 11.3. The highest BCUT2D eigenvalue weighted by atomic mass is 15.1. The molecule has 4 aromatic heterocycles. The van der Waals surface area contributed by atoms with Crippen LogP contribution in [-0.2, 0) is 43.3 Å². The highest BCUT2D eigenvalue weighted by Crippen LogP contribution is 2.61. The number of hydrogen-bond donors (Lipinski definition) is 0. The van der Waals surface area contributed by atoms with Crippen LogP contribution in [0.1, 0.15) is 224 Å². The number of hydrogen-bond acceptors (Lipinski definition) is 0. The van der Waals surface area contributed by atoms with Crippen LogP contribution in [0, 0.1) is 0 Å². The van der Waals surface area contributed by atoms with E-state index in [1.54, 1.807) is 0 Å². The lowest BCUT2D eigenvalue weighted by Crippen LogP contribution is -2.55. The molecule has 1 unspecified atom stereocenters. The second-order valence-corrected chi connectivity index (χ2v) is 41.2. The fourth-order valence-electron chi connectivity index (χ4n) is 24.6. The molecule has 4 nitrogen and oxygen atoms in total. The summed E-state index contributed by atoms with van der Waals surface area (Å²) in [6, 6.07) is 84.4. The van der Waals surface area contributed by atoms with Crippen LogP contribution in [-0.4, -0.2) is 25.0 Å². The molecule has 0 fully saturated rings. The van der Waals surface area contributed by atoms with Gasteiger partial charge >= 0.3 is 6.85 Å². The fourth-order valence-corrected chi connectivity index (χ4v) is 24.6. The number of aromatic nitrogens is 4. The second kappa shape index (κ2) is 21.1. The zero-order chi connectivity index (χ0) is 76.3. The minimum atomic E-state index is -0.153. The standard InChI is InChI=1S/C107H99BN4/c1-100(2)47-51-104(9,10)78-55-59(35-42-74(78)100)63-23-19-31-83-87(63)90-65(61-37-44-76-80(57-61)106(13,14)53-49-102(76,5)6)39-40-73-95-89-67(25-21-33-85(89)109(83)96(73)90)69-27-17-29-71-93(69)111(95)97-72-30-18-28-70-68-26-22-34-86-92(68)108(112(94(70)72)98(71)97)82-46-41-66(62-38-45-77-81(58-62)107(15,16)54-50-103(77,7)8)91-88-64(24-20-32-84(88)110(86)99(82)91)60-36-43-75-79(56-60)105(11,12)52-48-101(75,3)4/h17-46,55-58,95H,47-54H2,1-16H3. The monoisotopic (exact) mass is 1450 g/mol. The largest absolute Gasteiger partial charge is 0.374 e. The predicted octanol–water partition coefficient (Wildman–Crippen LogP) is 26.9. The quantitative estimate of drug-likeness (QED) is 0.157. The Morgan fingerprint density at radius 3 is 1.12 bits per heavy atom. The summed E-state index contributed by atoms with van der Waals surface area (Å²) in [5, 5.41) is 8.00. The molecule has 16 aromatic rings. The van der Waals surface area contributed by atoms with Crippen molar-refractivity contribution < 1.29 is 0 Å². The summed E-state index contributed by atoms with van der Waals surface area (Å²) in [5.74, 6) is 0. The molecule has 4 aliphatic carbocycles. The van der Waals surface area contributed by atoms with Gasteiger partial charge in [-0.15, -0.1) is 0 Å². The molecule has 112 heavy (non-hydrogen) atoms. The second-order valence-electron chi connectivity index (χ2n) is 41.2. The lowest BCUT2D eigenvalue weighted by atomic mass is 9.45. The lowest BCUT2D eigenvalue weighted by Gasteiger charge is -2.42. The lowest BCUT2D eigenvalue weighted by molar-refractivity contribution is 0.332. The molecule has 0 radical (unpaired) electrons. The Morgan fingerprint density at radius 2 is 0.643 bits per heavy atom. The molecule has 0 amide bonds. The van der Waals surface area contributed by atoms with E-state index in [1.165, 1.54) is 260 Å². The van der Waals surface area contributed by atoms with Crippen LogP contribution in [0.15, 0.2) is 206 Å². The van der Waals surface area contributed by atoms with Crippen molar-refractivity contribution in [2.45, 2.75) is 212 Å². The van der Waals surface area contributed by atoms with E-state index < -0.39 is 0 Å². The number of fused-ring (bicyclic) bond motifs is 23. The molecule has 0 saturated carbocycles. The molecule has 550 valence electrons. The smallest absolute Gasteiger partial charge is 0.333 e. The third-order valence-electron chi connectivity index (χ3n) is 31.2. The minimum Gasteiger partial charge on any atom is -0.374 e. The van der Waals surface area contributed by atoms with Crippen molar-refractivity contribution in [3.05, 3.63) is 262 Å². The summed E-state index contributed by atoms with van der Waals surface area (Å²) in [6.07, 6.45) is 9.40. The van der Waals surface area contributed by atoms with E-state index in [9.17, 15) is 0 Å². The van der Waals surface area contributed by atoms with E-state index in [1.807, 2.05) is 0 Å². The molecule has 0 N–H and O–H groups in total. The predicted molar refractivity (Wildman–Crippen MR) is 475 cm³/mol. The van der Waals surface area contributed by atoms with Gasteiger partial charge in [-0.25, -0.2) is 0 Å². The third kappa shape index (κ3) is 8.21. The van der Waals surface area contributed by atoms with Gasteiger partial charge in [0, 0.05) is 65.8 Å². The van der Waals surface area contributed by atoms with Crippen molar-refractivity contribution in [3.63, 3.8) is 0 Å². The van der Waals surface area contributed by atoms with Gasteiger partial charge < -0.3 is 18.2 Å². The summed E-state index contributed by atoms with van der Waals surface area (Å²) >= 11 is 0. The summed E-state index contributed by atoms with van der Waals surface area (Å²) in [6.45, 7) is 39.5. The number of para-hydroxylation sites is 2. The Morgan fingerprint density at radius 1 is 0.277 bits per heavy atom. The molecule has 5 heteroatoms. The molecular weight excluding hydrogens is 1350 g/mol. The molecule has 8 heterocycles. The van der Waals surface area contributed by atoms with Crippen LogP contribution in [0.25, 0.3) is 155 Å². The maximum absolute atomic E-state index is 2.89. The molecule has 24 rings (SSSR count). The van der Waals surface area contributed by atoms with Gasteiger partial charge in [0.1, 0.15) is 0 Å². The molecule has 0 spiro atoms. The van der Waals surface area contributed by atoms with Gasteiger partial charge in [0.25, 0.3) is 0 Å². The van der Waals surface area contributed by atoms with Crippen LogP contribution in [0.5, 0.6) is 0 Å². The topological polar surface area (TPSA) is 19.7 Å². The maximum Gasteiger partial charge on any atom is 0.333 e. The Kier molecular flexibility index (Phi) is 12.5. The molecule has 4 aliphatic heterocycles. The van der Waals surface area contributed by atoms with Gasteiger partial charge in [0.2, 0.25) is 0 Å². The van der Waals surface area contributed by atoms with Crippen LogP contribution in [0.3, 0.4) is 0 Å². The Balaban J connectivity index is 0.795. The van der Waals surface area contributed by atoms with E-state index in [0.29, 0.717) is 0 Å². The average Bonchev–Trinajstić information content (AvgIpc) is 1.48. The Hall–Kier alpha value is -10.4. The van der Waals surface area contributed by atoms with Gasteiger partial charge in [-0.2, -0.15) is 0 Å². The molecule has 1 atom stereocenters. The van der Waals surface area contributed by atoms with Crippen LogP contribution >= 0.6 is 0 Å². The van der Waals surface area contributed by atoms with E-state index in [4.69, 9.17) is 0 Å². The highest BCUT2D eigenvalue weighted by molar-refractivity contribution is 6.90. The van der Waals surface area contributed by atoms with Gasteiger partial charge in [-0.05, 0) is 230 Å². The number of rotatable bonds is 4. The van der Waals surface area contributed by atoms with Gasteiger partial charge in [0.05, 0.1) is 50.3 Å². The first kappa shape index (κ1) is 66.3. The molecule has 12 aromatic carbocycles. The highest BCUT2D eigenvalue weighted by Gasteiger charge is 2.49. The fraction of sp³-hybridized carbons (Fsp3) is 0.308. The van der Waals surface area contributed by atoms with E-state index in [2.05, 4.69) is 335 Å². The van der Waals surface area contributed by atoms with Crippen molar-refractivity contribution in [1.82, 2.24) is 18.2 Å². The minimum absolute atomic E-state index is 0.0394. The summed E-state index contributed by atoms with van der Waals surface area (Å²) in [4.78, 5) is 0. The van der Waals surface area contributed by atoms with Crippen molar-refractivity contribution in [1.29, 1.82) is 0 Å². The maximum atomic E-state index is 2.89. The average molecular weight is 1450 g/mol. The zero-order valence-electron chi connectivity index (χ0n) is 68.2. The molecule has 8 aliphatic rings. The van der Waals surface area contributed by atoms with Crippen LogP contribution in [0.2, 0.25) is 0 Å². The van der Waals surface area contributed by atoms with Gasteiger partial charge in [0.15, 0.2) is 0 Å². The van der Waals surface area contributed by atoms with Crippen molar-refractivity contribution in [2.75, 3.05) is 0 Å². The van der Waals surface area contributed by atoms with Gasteiger partial charge in [-0.1, -0.05) is 293 Å². The zero-order valence-corrected chi connectivity index (χ0v) is 68.2. The van der Waals surface area contributed by atoms with Crippen molar-refractivity contribution in [2.24, 2.45) is 0 Å². The van der Waals surface area contributed by atoms with E-state index >= 15 is 0 Å². The SMILES string of the molecule is CC1(C)CCC(C)(C)c2cc(-c3cccc4c3c3c(-c5ccc6c(c5)C(C)(C)CCC6(C)C)ccc5c3n4-c3cccc4c3B5n3c5c-4cccc5c4c3c3cccc5c3n4C3c4c-5cccc4-n4c5cccc(-c6ccc7c(c6)C(C)(C)CCC7(C)C)c5c5c(-c6ccc7c(c6)C(C)(C)CCC7(C)C)ccc3c54)ccc21. The van der Waals surface area contributed by atoms with Crippen LogP contribution < -0.4 is 10.9 Å². The van der Waals surface area contributed by atoms with E-state index in [0.717, 1.165) is 12.8 Å². The van der Waals surface area contributed by atoms with Gasteiger partial charge in [-0.3, -0.25) is 0 Å². The Bertz CT molecular complexity index is 6660. The third-order valence-corrected chi connectivity index (χ3v) is 31.2. The summed E-state index contributed by atoms with van der Waals surface area (Å²) in [7, 11) is 0. The van der Waals surface area contributed by atoms with Crippen LogP contribution in [0.4, 0.5) is 0 Å².